The Morgan fingerprint density at radius 3 is 3.10 bits per heavy atom. The first-order valence-corrected chi connectivity index (χ1v) is 7.86. The summed E-state index contributed by atoms with van der Waals surface area (Å²) in [6.07, 6.45) is 2.29. The second-order valence-corrected chi connectivity index (χ2v) is 6.11. The fraction of sp³-hybridized carbons (Fsp3) is 0.562. The maximum atomic E-state index is 12.0. The predicted octanol–water partition coefficient (Wildman–Crippen LogP) is 3.47. The van der Waals surface area contributed by atoms with E-state index in [9.17, 15) is 4.79 Å². The van der Waals surface area contributed by atoms with Gasteiger partial charge in [0.1, 0.15) is 12.4 Å². The largest absolute Gasteiger partial charge is 0.490 e. The lowest BCUT2D eigenvalue weighted by molar-refractivity contribution is 0.168. The summed E-state index contributed by atoms with van der Waals surface area (Å²) < 4.78 is 5.61. The lowest BCUT2D eigenvalue weighted by atomic mass is 10.0. The highest BCUT2D eigenvalue weighted by molar-refractivity contribution is 6.32. The molecule has 1 aromatic rings. The number of halogens is 1. The number of amides is 2. The molecule has 1 aliphatic heterocycles. The van der Waals surface area contributed by atoms with Crippen LogP contribution in [-0.2, 0) is 0 Å². The number of hydrogen-bond donors (Lipinski definition) is 1. The monoisotopic (exact) mass is 310 g/mol. The molecule has 0 radical (unpaired) electrons. The number of carbonyl (C=O) groups is 1. The van der Waals surface area contributed by atoms with Gasteiger partial charge >= 0.3 is 6.03 Å². The fourth-order valence-corrected chi connectivity index (χ4v) is 2.70. The molecule has 2 amide bonds. The number of aryl methyl sites for hydroxylation is 1. The average molecular weight is 311 g/mol. The van der Waals surface area contributed by atoms with Gasteiger partial charge in [0.15, 0.2) is 0 Å². The van der Waals surface area contributed by atoms with Crippen LogP contribution in [0, 0.1) is 12.8 Å². The molecule has 21 heavy (non-hydrogen) atoms. The maximum absolute atomic E-state index is 12.0. The first-order valence-electron chi connectivity index (χ1n) is 7.48. The Morgan fingerprint density at radius 2 is 2.33 bits per heavy atom. The highest BCUT2D eigenvalue weighted by atomic mass is 35.5. The molecule has 1 fully saturated rings. The van der Waals surface area contributed by atoms with Crippen molar-refractivity contribution < 1.29 is 9.53 Å². The Hall–Kier alpha value is -1.42. The third-order valence-corrected chi connectivity index (χ3v) is 3.98. The normalized spacial score (nSPS) is 18.4. The summed E-state index contributed by atoms with van der Waals surface area (Å²) in [5.74, 6) is 1.25. The summed E-state index contributed by atoms with van der Waals surface area (Å²) in [6.45, 7) is 6.76. The number of likely N-dealkylation sites (tertiary alicyclic amines) is 1. The smallest absolute Gasteiger partial charge is 0.317 e. The van der Waals surface area contributed by atoms with Crippen LogP contribution in [0.2, 0.25) is 5.02 Å². The van der Waals surface area contributed by atoms with E-state index < -0.39 is 0 Å². The van der Waals surface area contributed by atoms with E-state index in [0.717, 1.165) is 25.1 Å². The predicted molar refractivity (Wildman–Crippen MR) is 85.1 cm³/mol. The van der Waals surface area contributed by atoms with Crippen molar-refractivity contribution >= 4 is 17.6 Å². The zero-order chi connectivity index (χ0) is 15.2. The van der Waals surface area contributed by atoms with Gasteiger partial charge in [0.05, 0.1) is 11.6 Å². The van der Waals surface area contributed by atoms with Crippen LogP contribution in [0.5, 0.6) is 5.75 Å². The minimum absolute atomic E-state index is 0.000453. The van der Waals surface area contributed by atoms with Gasteiger partial charge in [0, 0.05) is 13.1 Å². The molecule has 5 heteroatoms. The van der Waals surface area contributed by atoms with E-state index in [4.69, 9.17) is 16.3 Å². The van der Waals surface area contributed by atoms with Gasteiger partial charge in [-0.05, 0) is 43.4 Å². The van der Waals surface area contributed by atoms with Crippen molar-refractivity contribution in [3.8, 4) is 5.75 Å². The molecule has 0 bridgehead atoms. The summed E-state index contributed by atoms with van der Waals surface area (Å²) in [6, 6.07) is 5.66. The summed E-state index contributed by atoms with van der Waals surface area (Å²) in [7, 11) is 0. The van der Waals surface area contributed by atoms with Gasteiger partial charge in [-0.25, -0.2) is 4.79 Å². The van der Waals surface area contributed by atoms with Crippen LogP contribution >= 0.6 is 11.6 Å². The van der Waals surface area contributed by atoms with Gasteiger partial charge in [-0.15, -0.1) is 0 Å². The third kappa shape index (κ3) is 4.81. The number of nitrogens with one attached hydrogen (secondary N) is 1. The molecule has 116 valence electrons. The minimum Gasteiger partial charge on any atom is -0.490 e. The topological polar surface area (TPSA) is 41.6 Å². The first-order chi connectivity index (χ1) is 10.1. The molecule has 1 aliphatic rings. The Balaban J connectivity index is 1.71. The number of benzene rings is 1. The van der Waals surface area contributed by atoms with Gasteiger partial charge in [-0.1, -0.05) is 24.6 Å². The van der Waals surface area contributed by atoms with Crippen LogP contribution in [0.25, 0.3) is 0 Å². The first kappa shape index (κ1) is 16.0. The molecular weight excluding hydrogens is 288 g/mol. The van der Waals surface area contributed by atoms with Gasteiger partial charge < -0.3 is 15.0 Å². The van der Waals surface area contributed by atoms with Gasteiger partial charge in [-0.2, -0.15) is 0 Å². The van der Waals surface area contributed by atoms with E-state index in [0.29, 0.717) is 29.8 Å². The average Bonchev–Trinajstić information content (AvgIpc) is 2.46. The lowest BCUT2D eigenvalue weighted by Crippen LogP contribution is -2.45. The van der Waals surface area contributed by atoms with Crippen molar-refractivity contribution in [2.45, 2.75) is 26.7 Å². The van der Waals surface area contributed by atoms with Crippen LogP contribution in [0.15, 0.2) is 18.2 Å². The molecule has 1 atom stereocenters. The fourth-order valence-electron chi connectivity index (χ4n) is 2.53. The molecule has 1 saturated heterocycles. The number of rotatable bonds is 4. The Labute approximate surface area is 131 Å². The van der Waals surface area contributed by atoms with Crippen molar-refractivity contribution in [1.82, 2.24) is 10.2 Å². The molecule has 1 aromatic carbocycles. The molecule has 0 saturated carbocycles. The Bertz CT molecular complexity index is 493. The van der Waals surface area contributed by atoms with Crippen LogP contribution in [0.1, 0.15) is 25.3 Å². The van der Waals surface area contributed by atoms with Crippen LogP contribution in [-0.4, -0.2) is 37.2 Å². The van der Waals surface area contributed by atoms with E-state index in [1.165, 1.54) is 6.42 Å². The minimum atomic E-state index is 0.000453. The zero-order valence-corrected chi connectivity index (χ0v) is 13.4. The molecule has 2 rings (SSSR count). The number of hydrogen-bond acceptors (Lipinski definition) is 2. The van der Waals surface area contributed by atoms with E-state index in [1.54, 1.807) is 0 Å². The second-order valence-electron chi connectivity index (χ2n) is 5.71. The zero-order valence-electron chi connectivity index (χ0n) is 12.7. The van der Waals surface area contributed by atoms with E-state index in [-0.39, 0.29) is 6.03 Å². The molecule has 1 heterocycles. The molecule has 4 nitrogen and oxygen atoms in total. The standard InChI is InChI=1S/C16H23ClN2O2/c1-12-5-6-14(17)15(10-12)21-9-7-18-16(20)19-8-3-4-13(2)11-19/h5-6,10,13H,3-4,7-9,11H2,1-2H3,(H,18,20). The molecular formula is C16H23ClN2O2. The summed E-state index contributed by atoms with van der Waals surface area (Å²) >= 11 is 6.05. The Morgan fingerprint density at radius 1 is 1.52 bits per heavy atom. The number of nitrogens with zero attached hydrogens (tertiary/aromatic N) is 1. The molecule has 0 aromatic heterocycles. The number of ether oxygens (including phenoxy) is 1. The molecule has 1 N–H and O–H groups in total. The van der Waals surface area contributed by atoms with Crippen molar-refractivity contribution in [3.63, 3.8) is 0 Å². The highest BCUT2D eigenvalue weighted by Crippen LogP contribution is 2.24. The SMILES string of the molecule is Cc1ccc(Cl)c(OCCNC(=O)N2CCCC(C)C2)c1. The highest BCUT2D eigenvalue weighted by Gasteiger charge is 2.20. The van der Waals surface area contributed by atoms with Crippen LogP contribution < -0.4 is 10.1 Å². The molecule has 1 unspecified atom stereocenters. The summed E-state index contributed by atoms with van der Waals surface area (Å²) in [5, 5.41) is 3.49. The van der Waals surface area contributed by atoms with E-state index in [1.807, 2.05) is 30.0 Å². The van der Waals surface area contributed by atoms with Gasteiger partial charge in [0.2, 0.25) is 0 Å². The van der Waals surface area contributed by atoms with Crippen molar-refractivity contribution in [2.75, 3.05) is 26.2 Å². The molecule has 0 spiro atoms. The number of carbonyl (C=O) groups excluding carboxylic acids is 1. The number of urea groups is 1. The van der Waals surface area contributed by atoms with Crippen molar-refractivity contribution in [2.24, 2.45) is 5.92 Å². The van der Waals surface area contributed by atoms with Crippen LogP contribution in [0.3, 0.4) is 0 Å². The van der Waals surface area contributed by atoms with Crippen molar-refractivity contribution in [3.05, 3.63) is 28.8 Å². The quantitative estimate of drug-likeness (QED) is 0.865. The van der Waals surface area contributed by atoms with E-state index in [2.05, 4.69) is 12.2 Å². The van der Waals surface area contributed by atoms with Crippen molar-refractivity contribution in [1.29, 1.82) is 0 Å². The Kier molecular flexibility index (Phi) is 5.74. The van der Waals surface area contributed by atoms with Crippen LogP contribution in [0.4, 0.5) is 4.79 Å². The third-order valence-electron chi connectivity index (χ3n) is 3.67. The maximum Gasteiger partial charge on any atom is 0.317 e. The van der Waals surface area contributed by atoms with E-state index >= 15 is 0 Å². The summed E-state index contributed by atoms with van der Waals surface area (Å²) in [5.41, 5.74) is 1.10. The lowest BCUT2D eigenvalue weighted by Gasteiger charge is -2.30. The summed E-state index contributed by atoms with van der Waals surface area (Å²) in [4.78, 5) is 13.9. The number of piperidine rings is 1. The second kappa shape index (κ2) is 7.55. The van der Waals surface area contributed by atoms with Gasteiger partial charge in [-0.3, -0.25) is 0 Å². The molecule has 0 aliphatic carbocycles. The van der Waals surface area contributed by atoms with Gasteiger partial charge in [0.25, 0.3) is 0 Å².